The Hall–Kier alpha value is -2.94. The smallest absolute Gasteiger partial charge is 0.276 e. The third-order valence-electron chi connectivity index (χ3n) is 4.71. The van der Waals surface area contributed by atoms with Crippen LogP contribution in [0.2, 0.25) is 0 Å². The fourth-order valence-electron chi connectivity index (χ4n) is 3.28. The minimum Gasteiger partial charge on any atom is -0.497 e. The number of thioether (sulfide) groups is 1. The van der Waals surface area contributed by atoms with E-state index >= 15 is 0 Å². The van der Waals surface area contributed by atoms with Crippen LogP contribution in [0.4, 0.5) is 11.5 Å². The van der Waals surface area contributed by atoms with E-state index in [-0.39, 0.29) is 5.91 Å². The number of nitrogens with zero attached hydrogens (tertiary/aromatic N) is 4. The van der Waals surface area contributed by atoms with Gasteiger partial charge < -0.3 is 19.7 Å². The van der Waals surface area contributed by atoms with E-state index in [0.717, 1.165) is 41.6 Å². The molecule has 0 spiro atoms. The first-order valence-electron chi connectivity index (χ1n) is 9.31. The first-order valence-corrected chi connectivity index (χ1v) is 10.5. The fraction of sp³-hybridized carbons (Fsp3) is 0.350. The number of hydrogen-bond acceptors (Lipinski definition) is 7. The van der Waals surface area contributed by atoms with Crippen molar-refractivity contribution in [1.82, 2.24) is 14.6 Å². The van der Waals surface area contributed by atoms with Crippen LogP contribution in [0.15, 0.2) is 30.5 Å². The first kappa shape index (κ1) is 19.4. The summed E-state index contributed by atoms with van der Waals surface area (Å²) in [5.74, 6) is 3.91. The van der Waals surface area contributed by atoms with Gasteiger partial charge in [-0.15, -0.1) is 0 Å². The number of aryl methyl sites for hydroxylation is 1. The monoisotopic (exact) mass is 413 g/mol. The van der Waals surface area contributed by atoms with Crippen molar-refractivity contribution in [3.05, 3.63) is 41.9 Å². The van der Waals surface area contributed by atoms with Gasteiger partial charge in [-0.3, -0.25) is 4.79 Å². The molecule has 1 saturated heterocycles. The zero-order valence-electron chi connectivity index (χ0n) is 16.6. The maximum atomic E-state index is 12.8. The molecule has 3 aromatic rings. The predicted octanol–water partition coefficient (Wildman–Crippen LogP) is 2.86. The molecule has 0 atom stereocenters. The highest BCUT2D eigenvalue weighted by Crippen LogP contribution is 2.27. The minimum absolute atomic E-state index is 0.304. The lowest BCUT2D eigenvalue weighted by Crippen LogP contribution is -2.33. The average Bonchev–Trinajstić information content (AvgIpc) is 3.17. The molecular weight excluding hydrogens is 390 g/mol. The Morgan fingerprint density at radius 2 is 1.79 bits per heavy atom. The lowest BCUT2D eigenvalue weighted by molar-refractivity contribution is 0.102. The molecule has 0 aliphatic carbocycles. The highest BCUT2D eigenvalue weighted by Gasteiger charge is 2.20. The van der Waals surface area contributed by atoms with Gasteiger partial charge in [-0.05, 0) is 6.92 Å². The SMILES string of the molecule is COc1cc(NC(=O)c2cc3c(N4CCSCC4)nc(C)cn3n2)cc(OC)c1. The van der Waals surface area contributed by atoms with Crippen LogP contribution >= 0.6 is 11.8 Å². The summed E-state index contributed by atoms with van der Waals surface area (Å²) in [4.78, 5) is 19.8. The van der Waals surface area contributed by atoms with Gasteiger partial charge in [0.05, 0.1) is 26.1 Å². The Balaban J connectivity index is 1.65. The van der Waals surface area contributed by atoms with Crippen LogP contribution < -0.4 is 19.7 Å². The van der Waals surface area contributed by atoms with Crippen LogP contribution in [0, 0.1) is 6.92 Å². The topological polar surface area (TPSA) is 81.0 Å². The highest BCUT2D eigenvalue weighted by molar-refractivity contribution is 7.99. The van der Waals surface area contributed by atoms with E-state index in [4.69, 9.17) is 14.5 Å². The molecule has 1 fully saturated rings. The quantitative estimate of drug-likeness (QED) is 0.689. The Kier molecular flexibility index (Phi) is 5.48. The van der Waals surface area contributed by atoms with Crippen molar-refractivity contribution < 1.29 is 14.3 Å². The summed E-state index contributed by atoms with van der Waals surface area (Å²) in [7, 11) is 3.14. The van der Waals surface area contributed by atoms with Crippen molar-refractivity contribution in [3.63, 3.8) is 0 Å². The van der Waals surface area contributed by atoms with Crippen LogP contribution in [0.3, 0.4) is 0 Å². The maximum absolute atomic E-state index is 12.8. The summed E-state index contributed by atoms with van der Waals surface area (Å²) >= 11 is 1.94. The molecule has 8 nitrogen and oxygen atoms in total. The van der Waals surface area contributed by atoms with Gasteiger partial charge in [0.1, 0.15) is 17.0 Å². The van der Waals surface area contributed by atoms with Crippen molar-refractivity contribution in [1.29, 1.82) is 0 Å². The Bertz CT molecular complexity index is 1020. The van der Waals surface area contributed by atoms with E-state index < -0.39 is 0 Å². The van der Waals surface area contributed by atoms with Crippen LogP contribution in [0.5, 0.6) is 11.5 Å². The number of fused-ring (bicyclic) bond motifs is 1. The van der Waals surface area contributed by atoms with E-state index in [0.29, 0.717) is 22.9 Å². The second kappa shape index (κ2) is 8.20. The van der Waals surface area contributed by atoms with Gasteiger partial charge in [0, 0.05) is 54.5 Å². The van der Waals surface area contributed by atoms with Crippen LogP contribution in [-0.4, -0.2) is 59.3 Å². The number of hydrogen-bond donors (Lipinski definition) is 1. The normalized spacial score (nSPS) is 14.1. The molecule has 1 aliphatic heterocycles. The highest BCUT2D eigenvalue weighted by atomic mass is 32.2. The van der Waals surface area contributed by atoms with Crippen molar-refractivity contribution >= 4 is 34.7 Å². The number of nitrogens with one attached hydrogen (secondary N) is 1. The number of methoxy groups -OCH3 is 2. The number of ether oxygens (including phenoxy) is 2. The first-order chi connectivity index (χ1) is 14.1. The number of benzene rings is 1. The summed E-state index contributed by atoms with van der Waals surface area (Å²) in [6.07, 6.45) is 1.84. The Morgan fingerprint density at radius 1 is 1.10 bits per heavy atom. The largest absolute Gasteiger partial charge is 0.497 e. The van der Waals surface area contributed by atoms with Gasteiger partial charge in [0.25, 0.3) is 5.91 Å². The molecule has 4 rings (SSSR count). The number of amides is 1. The van der Waals surface area contributed by atoms with Gasteiger partial charge >= 0.3 is 0 Å². The average molecular weight is 414 g/mol. The van der Waals surface area contributed by atoms with Gasteiger partial charge in [0.15, 0.2) is 11.5 Å². The fourth-order valence-corrected chi connectivity index (χ4v) is 4.19. The third-order valence-corrected chi connectivity index (χ3v) is 5.65. The van der Waals surface area contributed by atoms with Crippen molar-refractivity contribution in [2.45, 2.75) is 6.92 Å². The predicted molar refractivity (Wildman–Crippen MR) is 115 cm³/mol. The third kappa shape index (κ3) is 4.09. The Labute approximate surface area is 173 Å². The summed E-state index contributed by atoms with van der Waals surface area (Å²) < 4.78 is 12.3. The lowest BCUT2D eigenvalue weighted by atomic mass is 10.2. The molecule has 0 radical (unpaired) electrons. The number of carbonyl (C=O) groups excluding carboxylic acids is 1. The summed E-state index contributed by atoms with van der Waals surface area (Å²) in [5, 5.41) is 7.35. The van der Waals surface area contributed by atoms with Gasteiger partial charge in [-0.2, -0.15) is 16.9 Å². The summed E-state index contributed by atoms with van der Waals surface area (Å²) in [6, 6.07) is 7.01. The lowest BCUT2D eigenvalue weighted by Gasteiger charge is -2.28. The molecule has 0 saturated carbocycles. The number of carbonyl (C=O) groups is 1. The summed E-state index contributed by atoms with van der Waals surface area (Å²) in [6.45, 7) is 3.81. The molecule has 1 amide bonds. The summed E-state index contributed by atoms with van der Waals surface area (Å²) in [5.41, 5.74) is 2.59. The number of aromatic nitrogens is 3. The van der Waals surface area contributed by atoms with Gasteiger partial charge in [-0.1, -0.05) is 0 Å². The standard InChI is InChI=1S/C20H23N5O3S/c1-13-12-25-18(19(21-13)24-4-6-29-7-5-24)11-17(23-25)20(26)22-14-8-15(27-2)10-16(9-14)28-3/h8-12H,4-7H2,1-3H3,(H,22,26). The minimum atomic E-state index is -0.304. The Morgan fingerprint density at radius 3 is 2.45 bits per heavy atom. The molecule has 1 aromatic carbocycles. The van der Waals surface area contributed by atoms with Crippen LogP contribution in [0.25, 0.3) is 5.52 Å². The molecule has 29 heavy (non-hydrogen) atoms. The van der Waals surface area contributed by atoms with Crippen molar-refractivity contribution in [2.24, 2.45) is 0 Å². The molecule has 1 N–H and O–H groups in total. The van der Waals surface area contributed by atoms with E-state index in [2.05, 4.69) is 15.3 Å². The van der Waals surface area contributed by atoms with Gasteiger partial charge in [-0.25, -0.2) is 9.50 Å². The maximum Gasteiger partial charge on any atom is 0.276 e. The van der Waals surface area contributed by atoms with E-state index in [9.17, 15) is 4.79 Å². The van der Waals surface area contributed by atoms with E-state index in [1.807, 2.05) is 24.9 Å². The van der Waals surface area contributed by atoms with Crippen LogP contribution in [-0.2, 0) is 0 Å². The van der Waals surface area contributed by atoms with Crippen molar-refractivity contribution in [2.75, 3.05) is 49.0 Å². The van der Waals surface area contributed by atoms with E-state index in [1.54, 1.807) is 43.0 Å². The molecule has 3 heterocycles. The zero-order valence-corrected chi connectivity index (χ0v) is 17.5. The second-order valence-electron chi connectivity index (χ2n) is 6.72. The molecule has 1 aliphatic rings. The molecule has 0 unspecified atom stereocenters. The molecule has 152 valence electrons. The molecular formula is C20H23N5O3S. The zero-order chi connectivity index (χ0) is 20.4. The number of anilines is 2. The second-order valence-corrected chi connectivity index (χ2v) is 7.94. The molecule has 2 aromatic heterocycles. The van der Waals surface area contributed by atoms with Gasteiger partial charge in [0.2, 0.25) is 0 Å². The van der Waals surface area contributed by atoms with E-state index in [1.165, 1.54) is 0 Å². The molecule has 9 heteroatoms. The molecule has 0 bridgehead atoms. The number of rotatable bonds is 5. The van der Waals surface area contributed by atoms with Crippen LogP contribution in [0.1, 0.15) is 16.2 Å². The van der Waals surface area contributed by atoms with Crippen molar-refractivity contribution in [3.8, 4) is 11.5 Å².